The first kappa shape index (κ1) is 15.1. The van der Waals surface area contributed by atoms with E-state index in [1.165, 1.54) is 0 Å². The van der Waals surface area contributed by atoms with Crippen LogP contribution in [0.25, 0.3) is 0 Å². The molecule has 17 heavy (non-hydrogen) atoms. The van der Waals surface area contributed by atoms with Gasteiger partial charge < -0.3 is 10.2 Å². The molecule has 0 aromatic carbocycles. The molecule has 0 aliphatic rings. The molecule has 0 bridgehead atoms. The monoisotopic (exact) mass is 240 g/mol. The second kappa shape index (κ2) is 7.38. The van der Waals surface area contributed by atoms with Crippen LogP contribution in [0.3, 0.4) is 0 Å². The molecule has 0 rings (SSSR count). The topological polar surface area (TPSA) is 91.7 Å². The van der Waals surface area contributed by atoms with Gasteiger partial charge in [0.05, 0.1) is 12.3 Å². The standard InChI is InChI=1S/C12H16O5/c1-8(2)3-4-10(12(16)17)9(5-6-13)7-11(14)15/h3,5-6,10H,4,7H2,1-2H3,(H,14,15)(H,16,17)/b9-5-. The van der Waals surface area contributed by atoms with E-state index in [4.69, 9.17) is 10.2 Å². The van der Waals surface area contributed by atoms with Crippen molar-refractivity contribution in [2.45, 2.75) is 26.7 Å². The van der Waals surface area contributed by atoms with Gasteiger partial charge in [-0.15, -0.1) is 0 Å². The molecular formula is C12H16O5. The van der Waals surface area contributed by atoms with Gasteiger partial charge in [0.15, 0.2) is 0 Å². The maximum atomic E-state index is 11.0. The highest BCUT2D eigenvalue weighted by Gasteiger charge is 2.22. The Bertz CT molecular complexity index is 361. The minimum absolute atomic E-state index is 0.109. The van der Waals surface area contributed by atoms with Crippen molar-refractivity contribution in [3.8, 4) is 0 Å². The molecule has 0 aromatic heterocycles. The van der Waals surface area contributed by atoms with Crippen molar-refractivity contribution >= 4 is 18.2 Å². The Morgan fingerprint density at radius 3 is 2.18 bits per heavy atom. The average molecular weight is 240 g/mol. The van der Waals surface area contributed by atoms with Gasteiger partial charge in [0.1, 0.15) is 6.29 Å². The maximum Gasteiger partial charge on any atom is 0.310 e. The van der Waals surface area contributed by atoms with Crippen molar-refractivity contribution in [1.29, 1.82) is 0 Å². The molecule has 1 atom stereocenters. The summed E-state index contributed by atoms with van der Waals surface area (Å²) in [7, 11) is 0. The summed E-state index contributed by atoms with van der Waals surface area (Å²) in [4.78, 5) is 32.0. The van der Waals surface area contributed by atoms with Gasteiger partial charge in [-0.05, 0) is 31.9 Å². The van der Waals surface area contributed by atoms with Gasteiger partial charge in [0.2, 0.25) is 0 Å². The Morgan fingerprint density at radius 1 is 1.24 bits per heavy atom. The molecule has 0 heterocycles. The summed E-state index contributed by atoms with van der Waals surface area (Å²) in [5, 5.41) is 17.7. The predicted octanol–water partition coefficient (Wildman–Crippen LogP) is 1.64. The Morgan fingerprint density at radius 2 is 1.82 bits per heavy atom. The largest absolute Gasteiger partial charge is 0.481 e. The predicted molar refractivity (Wildman–Crippen MR) is 61.6 cm³/mol. The number of rotatable bonds is 7. The molecule has 0 saturated heterocycles. The fourth-order valence-corrected chi connectivity index (χ4v) is 1.32. The minimum atomic E-state index is -1.15. The second-order valence-corrected chi connectivity index (χ2v) is 3.86. The zero-order valence-corrected chi connectivity index (χ0v) is 9.84. The van der Waals surface area contributed by atoms with Gasteiger partial charge in [0, 0.05) is 0 Å². The van der Waals surface area contributed by atoms with Gasteiger partial charge in [-0.3, -0.25) is 14.4 Å². The highest BCUT2D eigenvalue weighted by atomic mass is 16.4. The molecule has 2 N–H and O–H groups in total. The quantitative estimate of drug-likeness (QED) is 0.401. The SMILES string of the molecule is CC(C)=CCC(C(=O)O)/C(=C\C=O)CC(=O)O. The van der Waals surface area contributed by atoms with Gasteiger partial charge >= 0.3 is 11.9 Å². The van der Waals surface area contributed by atoms with Crippen molar-refractivity contribution in [1.82, 2.24) is 0 Å². The molecule has 94 valence electrons. The Balaban J connectivity index is 5.03. The first-order valence-electron chi connectivity index (χ1n) is 5.10. The smallest absolute Gasteiger partial charge is 0.310 e. The lowest BCUT2D eigenvalue weighted by Gasteiger charge is -2.12. The number of aliphatic carboxylic acids is 2. The third-order valence-electron chi connectivity index (χ3n) is 2.14. The van der Waals surface area contributed by atoms with Crippen LogP contribution in [0.4, 0.5) is 0 Å². The summed E-state index contributed by atoms with van der Waals surface area (Å²) < 4.78 is 0. The van der Waals surface area contributed by atoms with Crippen LogP contribution in [0.15, 0.2) is 23.3 Å². The zero-order valence-electron chi connectivity index (χ0n) is 9.84. The lowest BCUT2D eigenvalue weighted by Crippen LogP contribution is -2.18. The van der Waals surface area contributed by atoms with Crippen LogP contribution in [-0.4, -0.2) is 28.4 Å². The number of carboxylic acid groups (broad SMARTS) is 2. The first-order valence-corrected chi connectivity index (χ1v) is 5.10. The molecule has 0 amide bonds. The number of aldehydes is 1. The number of allylic oxidation sites excluding steroid dienone is 3. The van der Waals surface area contributed by atoms with Crippen LogP contribution in [0.2, 0.25) is 0 Å². The number of carboxylic acids is 2. The zero-order chi connectivity index (χ0) is 13.4. The fourth-order valence-electron chi connectivity index (χ4n) is 1.32. The number of carbonyl (C=O) groups excluding carboxylic acids is 1. The van der Waals surface area contributed by atoms with Gasteiger partial charge in [-0.25, -0.2) is 0 Å². The van der Waals surface area contributed by atoms with Crippen molar-refractivity contribution in [3.63, 3.8) is 0 Å². The number of carbonyl (C=O) groups is 3. The highest BCUT2D eigenvalue weighted by molar-refractivity contribution is 5.81. The van der Waals surface area contributed by atoms with Crippen LogP contribution >= 0.6 is 0 Å². The molecule has 0 radical (unpaired) electrons. The highest BCUT2D eigenvalue weighted by Crippen LogP contribution is 2.20. The normalized spacial score (nSPS) is 12.7. The summed E-state index contributed by atoms with van der Waals surface area (Å²) >= 11 is 0. The molecule has 0 spiro atoms. The molecule has 0 aliphatic carbocycles. The molecule has 0 saturated carbocycles. The minimum Gasteiger partial charge on any atom is -0.481 e. The van der Waals surface area contributed by atoms with Crippen LogP contribution < -0.4 is 0 Å². The Hall–Kier alpha value is -1.91. The van der Waals surface area contributed by atoms with E-state index >= 15 is 0 Å². The van der Waals surface area contributed by atoms with Crippen molar-refractivity contribution < 1.29 is 24.6 Å². The Labute approximate surface area is 99.4 Å². The van der Waals surface area contributed by atoms with E-state index in [0.29, 0.717) is 6.29 Å². The summed E-state index contributed by atoms with van der Waals surface area (Å²) in [6.45, 7) is 3.64. The van der Waals surface area contributed by atoms with E-state index < -0.39 is 24.3 Å². The van der Waals surface area contributed by atoms with E-state index in [0.717, 1.165) is 11.6 Å². The second-order valence-electron chi connectivity index (χ2n) is 3.86. The number of hydrogen-bond acceptors (Lipinski definition) is 3. The molecule has 0 aromatic rings. The molecule has 0 fully saturated rings. The average Bonchev–Trinajstić information content (AvgIpc) is 2.16. The van der Waals surface area contributed by atoms with E-state index in [9.17, 15) is 14.4 Å². The molecule has 1 unspecified atom stereocenters. The third kappa shape index (κ3) is 6.29. The van der Waals surface area contributed by atoms with Crippen LogP contribution in [0, 0.1) is 5.92 Å². The van der Waals surface area contributed by atoms with Crippen LogP contribution in [0.5, 0.6) is 0 Å². The van der Waals surface area contributed by atoms with Crippen molar-refractivity contribution in [2.24, 2.45) is 5.92 Å². The third-order valence-corrected chi connectivity index (χ3v) is 2.14. The summed E-state index contributed by atoms with van der Waals surface area (Å²) in [6.07, 6.45) is 2.89. The molecule has 0 aliphatic heterocycles. The molecular weight excluding hydrogens is 224 g/mol. The summed E-state index contributed by atoms with van der Waals surface area (Å²) in [6, 6.07) is 0. The first-order chi connectivity index (χ1) is 7.88. The molecule has 5 heteroatoms. The van der Waals surface area contributed by atoms with E-state index in [1.807, 2.05) is 13.8 Å². The van der Waals surface area contributed by atoms with E-state index in [-0.39, 0.29) is 12.0 Å². The fraction of sp³-hybridized carbons (Fsp3) is 0.417. The van der Waals surface area contributed by atoms with Gasteiger partial charge in [-0.1, -0.05) is 11.6 Å². The summed E-state index contributed by atoms with van der Waals surface area (Å²) in [5.41, 5.74) is 1.05. The van der Waals surface area contributed by atoms with Crippen molar-refractivity contribution in [3.05, 3.63) is 23.3 Å². The lowest BCUT2D eigenvalue weighted by atomic mass is 9.92. The van der Waals surface area contributed by atoms with Crippen LogP contribution in [-0.2, 0) is 14.4 Å². The van der Waals surface area contributed by atoms with Crippen LogP contribution in [0.1, 0.15) is 26.7 Å². The lowest BCUT2D eigenvalue weighted by molar-refractivity contribution is -0.140. The maximum absolute atomic E-state index is 11.0. The summed E-state index contributed by atoms with van der Waals surface area (Å²) in [5.74, 6) is -3.25. The van der Waals surface area contributed by atoms with E-state index in [1.54, 1.807) is 6.08 Å². The van der Waals surface area contributed by atoms with Crippen molar-refractivity contribution in [2.75, 3.05) is 0 Å². The molecule has 5 nitrogen and oxygen atoms in total. The van der Waals surface area contributed by atoms with Gasteiger partial charge in [0.25, 0.3) is 0 Å². The number of hydrogen-bond donors (Lipinski definition) is 2. The Kier molecular flexibility index (Phi) is 6.55. The van der Waals surface area contributed by atoms with Gasteiger partial charge in [-0.2, -0.15) is 0 Å². The van der Waals surface area contributed by atoms with E-state index in [2.05, 4.69) is 0 Å².